The van der Waals surface area contributed by atoms with Crippen LogP contribution < -0.4 is 10.6 Å². The smallest absolute Gasteiger partial charge is 0.337 e. The van der Waals surface area contributed by atoms with Crippen LogP contribution in [0.15, 0.2) is 12.1 Å². The molecule has 6 heteroatoms. The van der Waals surface area contributed by atoms with Gasteiger partial charge in [-0.15, -0.1) is 0 Å². The fourth-order valence-corrected chi connectivity index (χ4v) is 2.43. The number of anilines is 2. The summed E-state index contributed by atoms with van der Waals surface area (Å²) in [7, 11) is 0. The van der Waals surface area contributed by atoms with Crippen LogP contribution in [0.2, 0.25) is 0 Å². The van der Waals surface area contributed by atoms with E-state index < -0.39 is 17.4 Å². The van der Waals surface area contributed by atoms with Gasteiger partial charge in [-0.25, -0.2) is 9.18 Å². The van der Waals surface area contributed by atoms with E-state index in [1.165, 1.54) is 6.07 Å². The summed E-state index contributed by atoms with van der Waals surface area (Å²) in [6.45, 7) is 2.54. The molecule has 0 bridgehead atoms. The van der Waals surface area contributed by atoms with Gasteiger partial charge in [-0.1, -0.05) is 0 Å². The summed E-state index contributed by atoms with van der Waals surface area (Å²) >= 11 is 0. The van der Waals surface area contributed by atoms with Crippen LogP contribution in [0.25, 0.3) is 0 Å². The zero-order chi connectivity index (χ0) is 14.2. The predicted molar refractivity (Wildman–Crippen MR) is 69.8 cm³/mol. The average Bonchev–Trinajstić information content (AvgIpc) is 2.26. The number of carbonyl (C=O) groups is 1. The first kappa shape index (κ1) is 13.6. The lowest BCUT2D eigenvalue weighted by molar-refractivity contribution is 0.0447. The Morgan fingerprint density at radius 1 is 1.53 bits per heavy atom. The van der Waals surface area contributed by atoms with E-state index in [0.29, 0.717) is 13.0 Å². The number of nitrogen functional groups attached to an aromatic ring is 1. The molecule has 0 aromatic heterocycles. The van der Waals surface area contributed by atoms with E-state index >= 15 is 0 Å². The molecule has 1 unspecified atom stereocenters. The van der Waals surface area contributed by atoms with Gasteiger partial charge in [0.1, 0.15) is 5.82 Å². The van der Waals surface area contributed by atoms with E-state index in [4.69, 9.17) is 10.8 Å². The second-order valence-corrected chi connectivity index (χ2v) is 5.22. The standard InChI is InChI=1S/C13H17FN2O3/c1-13(19)3-2-4-16(7-13)11-5-8(12(17)18)10(15)6-9(11)14/h5-6,19H,2-4,7,15H2,1H3,(H,17,18). The highest BCUT2D eigenvalue weighted by atomic mass is 19.1. The predicted octanol–water partition coefficient (Wildman–Crippen LogP) is 1.46. The number of nitrogens with two attached hydrogens (primary N) is 1. The van der Waals surface area contributed by atoms with Gasteiger partial charge in [0.25, 0.3) is 0 Å². The lowest BCUT2D eigenvalue weighted by Gasteiger charge is -2.38. The summed E-state index contributed by atoms with van der Waals surface area (Å²) in [5, 5.41) is 19.0. The lowest BCUT2D eigenvalue weighted by Crippen LogP contribution is -2.46. The Kier molecular flexibility index (Phi) is 3.36. The van der Waals surface area contributed by atoms with Crippen molar-refractivity contribution >= 4 is 17.3 Å². The normalized spacial score (nSPS) is 23.4. The molecule has 19 heavy (non-hydrogen) atoms. The molecule has 104 valence electrons. The second-order valence-electron chi connectivity index (χ2n) is 5.22. The zero-order valence-electron chi connectivity index (χ0n) is 10.7. The quantitative estimate of drug-likeness (QED) is 0.707. The summed E-state index contributed by atoms with van der Waals surface area (Å²) < 4.78 is 13.9. The largest absolute Gasteiger partial charge is 0.478 e. The fraction of sp³-hybridized carbons (Fsp3) is 0.462. The van der Waals surface area contributed by atoms with E-state index in [1.807, 2.05) is 0 Å². The number of hydrogen-bond acceptors (Lipinski definition) is 4. The first-order valence-corrected chi connectivity index (χ1v) is 6.10. The van der Waals surface area contributed by atoms with Gasteiger partial charge in [-0.2, -0.15) is 0 Å². The number of β-amino-alcohol motifs (C(OH)–C–C–N with tert-alkyl or cyclic N) is 1. The summed E-state index contributed by atoms with van der Waals surface area (Å²) in [5.41, 5.74) is 4.54. The van der Waals surface area contributed by atoms with E-state index in [-0.39, 0.29) is 23.5 Å². The summed E-state index contributed by atoms with van der Waals surface area (Å²) in [4.78, 5) is 12.7. The first-order valence-electron chi connectivity index (χ1n) is 6.10. The monoisotopic (exact) mass is 268 g/mol. The Labute approximate surface area is 110 Å². The van der Waals surface area contributed by atoms with Crippen molar-refractivity contribution in [1.82, 2.24) is 0 Å². The molecule has 1 atom stereocenters. The highest BCUT2D eigenvalue weighted by Gasteiger charge is 2.30. The lowest BCUT2D eigenvalue weighted by atomic mass is 9.94. The molecule has 1 saturated heterocycles. The van der Waals surface area contributed by atoms with Crippen LogP contribution in [0.5, 0.6) is 0 Å². The molecular weight excluding hydrogens is 251 g/mol. The van der Waals surface area contributed by atoms with Crippen LogP contribution >= 0.6 is 0 Å². The van der Waals surface area contributed by atoms with Crippen molar-refractivity contribution in [3.05, 3.63) is 23.5 Å². The maximum absolute atomic E-state index is 13.9. The second kappa shape index (κ2) is 4.70. The zero-order valence-corrected chi connectivity index (χ0v) is 10.7. The van der Waals surface area contributed by atoms with Crippen LogP contribution in [0.1, 0.15) is 30.1 Å². The summed E-state index contributed by atoms with van der Waals surface area (Å²) in [6.07, 6.45) is 1.37. The van der Waals surface area contributed by atoms with E-state index in [2.05, 4.69) is 0 Å². The van der Waals surface area contributed by atoms with Gasteiger partial charge in [0.05, 0.1) is 16.9 Å². The van der Waals surface area contributed by atoms with Gasteiger partial charge < -0.3 is 20.8 Å². The topological polar surface area (TPSA) is 86.8 Å². The van der Waals surface area contributed by atoms with Crippen LogP contribution in [0, 0.1) is 5.82 Å². The van der Waals surface area contributed by atoms with Gasteiger partial charge in [-0.3, -0.25) is 0 Å². The molecule has 4 N–H and O–H groups in total. The summed E-state index contributed by atoms with van der Waals surface area (Å²) in [6, 6.07) is 2.25. The van der Waals surface area contributed by atoms with Crippen molar-refractivity contribution in [3.63, 3.8) is 0 Å². The number of rotatable bonds is 2. The van der Waals surface area contributed by atoms with Crippen molar-refractivity contribution in [3.8, 4) is 0 Å². The van der Waals surface area contributed by atoms with Crippen molar-refractivity contribution in [2.75, 3.05) is 23.7 Å². The van der Waals surface area contributed by atoms with Gasteiger partial charge in [0.2, 0.25) is 0 Å². The number of hydrogen-bond donors (Lipinski definition) is 3. The Balaban J connectivity index is 2.39. The number of aromatic carboxylic acids is 1. The molecular formula is C13H17FN2O3. The number of benzene rings is 1. The number of carboxylic acids is 1. The molecule has 1 heterocycles. The molecule has 2 rings (SSSR count). The molecule has 0 spiro atoms. The third-order valence-corrected chi connectivity index (χ3v) is 3.36. The molecule has 0 aliphatic carbocycles. The van der Waals surface area contributed by atoms with Crippen LogP contribution in [0.4, 0.5) is 15.8 Å². The van der Waals surface area contributed by atoms with E-state index in [1.54, 1.807) is 11.8 Å². The van der Waals surface area contributed by atoms with Gasteiger partial charge >= 0.3 is 5.97 Å². The first-order chi connectivity index (χ1) is 8.80. The van der Waals surface area contributed by atoms with Gasteiger partial charge in [0.15, 0.2) is 0 Å². The maximum atomic E-state index is 13.9. The number of carboxylic acid groups (broad SMARTS) is 1. The highest BCUT2D eigenvalue weighted by Crippen LogP contribution is 2.30. The SMILES string of the molecule is CC1(O)CCCN(c2cc(C(=O)O)c(N)cc2F)C1. The molecule has 5 nitrogen and oxygen atoms in total. The number of piperidine rings is 1. The molecule has 0 saturated carbocycles. The summed E-state index contributed by atoms with van der Waals surface area (Å²) in [5.74, 6) is -1.76. The Bertz CT molecular complexity index is 517. The third-order valence-electron chi connectivity index (χ3n) is 3.36. The van der Waals surface area contributed by atoms with Crippen LogP contribution in [0.3, 0.4) is 0 Å². The Morgan fingerprint density at radius 3 is 2.79 bits per heavy atom. The van der Waals surface area contributed by atoms with E-state index in [9.17, 15) is 14.3 Å². The Hall–Kier alpha value is -1.82. The van der Waals surface area contributed by atoms with Crippen molar-refractivity contribution < 1.29 is 19.4 Å². The van der Waals surface area contributed by atoms with Crippen LogP contribution in [-0.4, -0.2) is 34.9 Å². The van der Waals surface area contributed by atoms with Crippen molar-refractivity contribution in [2.24, 2.45) is 0 Å². The fourth-order valence-electron chi connectivity index (χ4n) is 2.43. The van der Waals surface area contributed by atoms with Crippen LogP contribution in [-0.2, 0) is 0 Å². The minimum atomic E-state index is -1.19. The molecule has 1 aliphatic heterocycles. The van der Waals surface area contributed by atoms with E-state index in [0.717, 1.165) is 12.5 Å². The number of nitrogens with zero attached hydrogens (tertiary/aromatic N) is 1. The minimum Gasteiger partial charge on any atom is -0.478 e. The molecule has 1 fully saturated rings. The van der Waals surface area contributed by atoms with Crippen molar-refractivity contribution in [1.29, 1.82) is 0 Å². The molecule has 1 aromatic carbocycles. The highest BCUT2D eigenvalue weighted by molar-refractivity contribution is 5.95. The molecule has 1 aromatic rings. The van der Waals surface area contributed by atoms with Crippen molar-refractivity contribution in [2.45, 2.75) is 25.4 Å². The minimum absolute atomic E-state index is 0.0995. The molecule has 0 radical (unpaired) electrons. The number of halogens is 1. The molecule has 0 amide bonds. The molecule has 1 aliphatic rings. The third kappa shape index (κ3) is 2.78. The average molecular weight is 268 g/mol. The number of aliphatic hydroxyl groups is 1. The maximum Gasteiger partial charge on any atom is 0.337 e. The van der Waals surface area contributed by atoms with Gasteiger partial charge in [0, 0.05) is 18.8 Å². The Morgan fingerprint density at radius 2 is 2.21 bits per heavy atom. The van der Waals surface area contributed by atoms with Gasteiger partial charge in [-0.05, 0) is 31.9 Å².